The van der Waals surface area contributed by atoms with Crippen molar-refractivity contribution in [3.8, 4) is 23.0 Å². The van der Waals surface area contributed by atoms with Gasteiger partial charge < -0.3 is 0 Å². The lowest BCUT2D eigenvalue weighted by Gasteiger charge is -2.21. The molecule has 2 nitrogen and oxygen atoms in total. The van der Waals surface area contributed by atoms with Gasteiger partial charge in [-0.25, -0.2) is 4.98 Å². The lowest BCUT2D eigenvalue weighted by Crippen LogP contribution is -2.28. The number of aromatic nitrogens is 1. The summed E-state index contributed by atoms with van der Waals surface area (Å²) >= 11 is 5.96. The van der Waals surface area contributed by atoms with Crippen molar-refractivity contribution in [3.63, 3.8) is 0 Å². The third-order valence-corrected chi connectivity index (χ3v) is 6.08. The van der Waals surface area contributed by atoms with E-state index in [1.54, 1.807) is 0 Å². The molecule has 0 unspecified atom stereocenters. The lowest BCUT2D eigenvalue weighted by molar-refractivity contribution is 0.300. The Morgan fingerprint density at radius 2 is 1.61 bits per heavy atom. The van der Waals surface area contributed by atoms with Crippen molar-refractivity contribution in [3.05, 3.63) is 94.8 Å². The van der Waals surface area contributed by atoms with Crippen LogP contribution in [0.1, 0.15) is 43.5 Å². The molecular formula is C28H27ClN2. The number of hydrogen-bond donors (Lipinski definition) is 0. The predicted molar refractivity (Wildman–Crippen MR) is 131 cm³/mol. The summed E-state index contributed by atoms with van der Waals surface area (Å²) in [5.41, 5.74) is 6.47. The van der Waals surface area contributed by atoms with Gasteiger partial charge in [-0.05, 0) is 92.7 Å². The molecule has 1 saturated heterocycles. The van der Waals surface area contributed by atoms with Crippen LogP contribution >= 0.6 is 11.6 Å². The predicted octanol–water partition coefficient (Wildman–Crippen LogP) is 6.69. The van der Waals surface area contributed by atoms with Gasteiger partial charge in [0.25, 0.3) is 0 Å². The van der Waals surface area contributed by atoms with Gasteiger partial charge in [0.05, 0.1) is 0 Å². The van der Waals surface area contributed by atoms with Gasteiger partial charge in [-0.1, -0.05) is 53.9 Å². The maximum Gasteiger partial charge on any atom is 0.113 e. The van der Waals surface area contributed by atoms with Gasteiger partial charge in [0.2, 0.25) is 0 Å². The SMILES string of the molecule is C/C(=C\[C@@H](C)N1CCCC1)c1ccc(C#Cc2ccc(-c3ccc(Cl)cc3)cn2)cc1. The molecule has 3 aromatic rings. The van der Waals surface area contributed by atoms with Crippen LogP contribution in [0, 0.1) is 11.8 Å². The zero-order chi connectivity index (χ0) is 21.6. The molecule has 0 aliphatic carbocycles. The summed E-state index contributed by atoms with van der Waals surface area (Å²) in [5, 5.41) is 0.733. The van der Waals surface area contributed by atoms with Gasteiger partial charge in [0.15, 0.2) is 0 Å². The van der Waals surface area contributed by atoms with E-state index in [1.165, 1.54) is 37.1 Å². The highest BCUT2D eigenvalue weighted by atomic mass is 35.5. The minimum absolute atomic E-state index is 0.490. The smallest absolute Gasteiger partial charge is 0.113 e. The Balaban J connectivity index is 1.42. The topological polar surface area (TPSA) is 16.1 Å². The third kappa shape index (κ3) is 5.64. The van der Waals surface area contributed by atoms with Gasteiger partial charge in [0, 0.05) is 28.4 Å². The summed E-state index contributed by atoms with van der Waals surface area (Å²) in [6.07, 6.45) is 6.87. The van der Waals surface area contributed by atoms with Crippen molar-refractivity contribution in [2.45, 2.75) is 32.7 Å². The van der Waals surface area contributed by atoms with E-state index in [4.69, 9.17) is 11.6 Å². The van der Waals surface area contributed by atoms with E-state index in [2.05, 4.69) is 65.9 Å². The van der Waals surface area contributed by atoms with E-state index < -0.39 is 0 Å². The number of halogens is 1. The fourth-order valence-corrected chi connectivity index (χ4v) is 4.07. The molecule has 1 aliphatic rings. The zero-order valence-electron chi connectivity index (χ0n) is 18.1. The van der Waals surface area contributed by atoms with Gasteiger partial charge in [-0.15, -0.1) is 0 Å². The van der Waals surface area contributed by atoms with Crippen molar-refractivity contribution in [2.24, 2.45) is 0 Å². The van der Waals surface area contributed by atoms with Crippen molar-refractivity contribution >= 4 is 17.2 Å². The van der Waals surface area contributed by atoms with E-state index in [0.29, 0.717) is 6.04 Å². The summed E-state index contributed by atoms with van der Waals surface area (Å²) in [4.78, 5) is 7.04. The number of allylic oxidation sites excluding steroid dienone is 1. The van der Waals surface area contributed by atoms with Crippen LogP contribution in [-0.2, 0) is 0 Å². The van der Waals surface area contributed by atoms with Gasteiger partial charge in [0.1, 0.15) is 5.69 Å². The van der Waals surface area contributed by atoms with Crippen LogP contribution in [0.25, 0.3) is 16.7 Å². The summed E-state index contributed by atoms with van der Waals surface area (Å²) < 4.78 is 0. The van der Waals surface area contributed by atoms with Crippen LogP contribution in [-0.4, -0.2) is 29.0 Å². The number of nitrogens with zero attached hydrogens (tertiary/aromatic N) is 2. The van der Waals surface area contributed by atoms with Crippen molar-refractivity contribution in [2.75, 3.05) is 13.1 Å². The molecule has 1 aromatic heterocycles. The molecule has 2 heterocycles. The molecule has 2 aromatic carbocycles. The first-order valence-corrected chi connectivity index (χ1v) is 11.2. The molecule has 4 rings (SSSR count). The van der Waals surface area contributed by atoms with Crippen LogP contribution in [0.5, 0.6) is 0 Å². The average molecular weight is 427 g/mol. The second kappa shape index (κ2) is 9.96. The summed E-state index contributed by atoms with van der Waals surface area (Å²) in [5.74, 6) is 6.38. The van der Waals surface area contributed by atoms with Gasteiger partial charge >= 0.3 is 0 Å². The van der Waals surface area contributed by atoms with Crippen LogP contribution in [0.15, 0.2) is 72.9 Å². The molecule has 0 N–H and O–H groups in total. The Kier molecular flexibility index (Phi) is 6.87. The van der Waals surface area contributed by atoms with E-state index in [0.717, 1.165) is 27.4 Å². The molecule has 1 atom stereocenters. The third-order valence-electron chi connectivity index (χ3n) is 5.82. The number of pyridine rings is 1. The molecule has 0 amide bonds. The molecule has 0 saturated carbocycles. The normalized spacial score (nSPS) is 15.4. The largest absolute Gasteiger partial charge is 0.297 e. The highest BCUT2D eigenvalue weighted by Crippen LogP contribution is 2.21. The molecule has 156 valence electrons. The van der Waals surface area contributed by atoms with Gasteiger partial charge in [-0.3, -0.25) is 4.90 Å². The van der Waals surface area contributed by atoms with Crippen LogP contribution < -0.4 is 0 Å². The molecule has 0 bridgehead atoms. The van der Waals surface area contributed by atoms with Crippen LogP contribution in [0.4, 0.5) is 0 Å². The Hall–Kier alpha value is -2.86. The quantitative estimate of drug-likeness (QED) is 0.432. The lowest BCUT2D eigenvalue weighted by atomic mass is 10.0. The minimum atomic E-state index is 0.490. The Morgan fingerprint density at radius 3 is 2.26 bits per heavy atom. The highest BCUT2D eigenvalue weighted by Gasteiger charge is 2.16. The Bertz CT molecular complexity index is 1090. The maximum atomic E-state index is 5.96. The minimum Gasteiger partial charge on any atom is -0.297 e. The average Bonchev–Trinajstić information content (AvgIpc) is 3.34. The van der Waals surface area contributed by atoms with E-state index in [9.17, 15) is 0 Å². The van der Waals surface area contributed by atoms with Gasteiger partial charge in [-0.2, -0.15) is 0 Å². The molecule has 3 heteroatoms. The molecule has 0 spiro atoms. The first-order chi connectivity index (χ1) is 15.1. The van der Waals surface area contributed by atoms with Crippen molar-refractivity contribution in [1.29, 1.82) is 0 Å². The molecule has 0 radical (unpaired) electrons. The number of benzene rings is 2. The molecule has 1 fully saturated rings. The second-order valence-electron chi connectivity index (χ2n) is 8.10. The summed E-state index contributed by atoms with van der Waals surface area (Å²) in [6, 6.07) is 20.7. The summed E-state index contributed by atoms with van der Waals surface area (Å²) in [7, 11) is 0. The standard InChI is InChI=1S/C28H27ClN2/c1-21(19-22(2)31-17-3-4-18-31)24-8-5-23(6-9-24)7-15-28-16-12-26(20-30-28)25-10-13-27(29)14-11-25/h5-6,8-14,16,19-20,22H,3-4,17-18H2,1-2H3/b21-19+/t22-/m1/s1. The van der Waals surface area contributed by atoms with E-state index in [-0.39, 0.29) is 0 Å². The van der Waals surface area contributed by atoms with Crippen LogP contribution in [0.3, 0.4) is 0 Å². The van der Waals surface area contributed by atoms with Crippen LogP contribution in [0.2, 0.25) is 5.02 Å². The van der Waals surface area contributed by atoms with E-state index in [1.807, 2.05) is 42.6 Å². The maximum absolute atomic E-state index is 5.96. The second-order valence-corrected chi connectivity index (χ2v) is 8.54. The monoisotopic (exact) mass is 426 g/mol. The number of hydrogen-bond acceptors (Lipinski definition) is 2. The number of likely N-dealkylation sites (tertiary alicyclic amines) is 1. The van der Waals surface area contributed by atoms with Crippen molar-refractivity contribution < 1.29 is 0 Å². The fourth-order valence-electron chi connectivity index (χ4n) is 3.95. The number of rotatable bonds is 4. The molecule has 31 heavy (non-hydrogen) atoms. The summed E-state index contributed by atoms with van der Waals surface area (Å²) in [6.45, 7) is 6.92. The Morgan fingerprint density at radius 1 is 0.935 bits per heavy atom. The first kappa shape index (κ1) is 21.4. The Labute approximate surface area is 190 Å². The fraction of sp³-hybridized carbons (Fsp3) is 0.250. The zero-order valence-corrected chi connectivity index (χ0v) is 18.9. The van der Waals surface area contributed by atoms with E-state index >= 15 is 0 Å². The van der Waals surface area contributed by atoms with Crippen molar-refractivity contribution in [1.82, 2.24) is 9.88 Å². The highest BCUT2D eigenvalue weighted by molar-refractivity contribution is 6.30. The first-order valence-electron chi connectivity index (χ1n) is 10.9. The molecule has 1 aliphatic heterocycles. The molecular weight excluding hydrogens is 400 g/mol.